The van der Waals surface area contributed by atoms with E-state index < -0.39 is 0 Å². The number of hydrogen-bond acceptors (Lipinski definition) is 6. The minimum Gasteiger partial charge on any atom is -0.364 e. The van der Waals surface area contributed by atoms with Gasteiger partial charge in [-0.05, 0) is 31.2 Å². The van der Waals surface area contributed by atoms with Gasteiger partial charge in [-0.15, -0.1) is 0 Å². The third kappa shape index (κ3) is 4.86. The van der Waals surface area contributed by atoms with E-state index in [0.717, 1.165) is 16.9 Å². The van der Waals surface area contributed by atoms with Crippen LogP contribution in [0.2, 0.25) is 0 Å². The summed E-state index contributed by atoms with van der Waals surface area (Å²) in [4.78, 5) is 25.4. The summed E-state index contributed by atoms with van der Waals surface area (Å²) in [5.74, 6) is 1.93. The molecule has 30 heavy (non-hydrogen) atoms. The van der Waals surface area contributed by atoms with Gasteiger partial charge in [-0.2, -0.15) is 0 Å². The van der Waals surface area contributed by atoms with Gasteiger partial charge in [0, 0.05) is 29.1 Å². The van der Waals surface area contributed by atoms with Crippen molar-refractivity contribution in [2.24, 2.45) is 0 Å². The number of pyridine rings is 1. The molecular formula is C24H21N5O. The molecule has 4 rings (SSSR count). The molecule has 6 nitrogen and oxygen atoms in total. The van der Waals surface area contributed by atoms with E-state index in [1.807, 2.05) is 72.8 Å². The Morgan fingerprint density at radius 2 is 1.67 bits per heavy atom. The van der Waals surface area contributed by atoms with Gasteiger partial charge < -0.3 is 10.6 Å². The Kier molecular flexibility index (Phi) is 5.75. The Bertz CT molecular complexity index is 1150. The highest BCUT2D eigenvalue weighted by Gasteiger charge is 2.09. The molecular weight excluding hydrogens is 374 g/mol. The Labute approximate surface area is 175 Å². The van der Waals surface area contributed by atoms with Crippen molar-refractivity contribution in [3.63, 3.8) is 0 Å². The molecule has 2 aromatic heterocycles. The molecule has 0 unspecified atom stereocenters. The molecule has 0 radical (unpaired) electrons. The smallest absolute Gasteiger partial charge is 0.163 e. The van der Waals surface area contributed by atoms with Gasteiger partial charge in [0.15, 0.2) is 11.6 Å². The first-order valence-electron chi connectivity index (χ1n) is 9.64. The highest BCUT2D eigenvalue weighted by atomic mass is 16.1. The van der Waals surface area contributed by atoms with Gasteiger partial charge in [-0.25, -0.2) is 9.97 Å². The van der Waals surface area contributed by atoms with Gasteiger partial charge in [0.05, 0.1) is 12.2 Å². The predicted octanol–water partition coefficient (Wildman–Crippen LogP) is 5.10. The Hall–Kier alpha value is -4.06. The molecule has 148 valence electrons. The van der Waals surface area contributed by atoms with E-state index in [2.05, 4.69) is 25.6 Å². The lowest BCUT2D eigenvalue weighted by atomic mass is 10.1. The van der Waals surface area contributed by atoms with E-state index in [0.29, 0.717) is 29.6 Å². The van der Waals surface area contributed by atoms with Crippen molar-refractivity contribution in [1.82, 2.24) is 15.0 Å². The predicted molar refractivity (Wildman–Crippen MR) is 119 cm³/mol. The van der Waals surface area contributed by atoms with Crippen molar-refractivity contribution in [2.45, 2.75) is 13.5 Å². The van der Waals surface area contributed by atoms with E-state index in [9.17, 15) is 4.79 Å². The molecule has 0 aliphatic carbocycles. The topological polar surface area (TPSA) is 79.8 Å². The first kappa shape index (κ1) is 19.3. The number of carbonyl (C=O) groups is 1. The highest BCUT2D eigenvalue weighted by Crippen LogP contribution is 2.23. The number of aromatic nitrogens is 3. The number of benzene rings is 2. The summed E-state index contributed by atoms with van der Waals surface area (Å²) in [6.45, 7) is 2.10. The van der Waals surface area contributed by atoms with Gasteiger partial charge in [-0.1, -0.05) is 48.5 Å². The third-order valence-electron chi connectivity index (χ3n) is 4.48. The maximum atomic E-state index is 11.7. The molecule has 0 spiro atoms. The second kappa shape index (κ2) is 8.96. The fraction of sp³-hybridized carbons (Fsp3) is 0.0833. The summed E-state index contributed by atoms with van der Waals surface area (Å²) in [6, 6.07) is 24.8. The van der Waals surface area contributed by atoms with Crippen LogP contribution < -0.4 is 10.6 Å². The van der Waals surface area contributed by atoms with Crippen LogP contribution in [0.3, 0.4) is 0 Å². The zero-order chi connectivity index (χ0) is 20.8. The first-order chi connectivity index (χ1) is 14.7. The highest BCUT2D eigenvalue weighted by molar-refractivity contribution is 5.95. The number of anilines is 3. The van der Waals surface area contributed by atoms with Crippen LogP contribution in [0.1, 0.15) is 23.0 Å². The summed E-state index contributed by atoms with van der Waals surface area (Å²) >= 11 is 0. The Balaban J connectivity index is 1.65. The molecule has 0 aliphatic heterocycles. The standard InChI is InChI=1S/C24H21N5O/c1-17(30)19-10-7-12-20(14-19)27-23-15-22(26-16-21-11-5-6-13-25-21)28-24(29-23)18-8-3-2-4-9-18/h2-15H,16H2,1H3,(H2,26,27,28,29). The molecule has 2 aromatic carbocycles. The van der Waals surface area contributed by atoms with E-state index in [1.54, 1.807) is 19.2 Å². The molecule has 2 N–H and O–H groups in total. The molecule has 0 atom stereocenters. The summed E-state index contributed by atoms with van der Waals surface area (Å²) in [5, 5.41) is 6.61. The quantitative estimate of drug-likeness (QED) is 0.424. The average molecular weight is 395 g/mol. The largest absolute Gasteiger partial charge is 0.364 e. The van der Waals surface area contributed by atoms with Crippen molar-refractivity contribution in [3.8, 4) is 11.4 Å². The van der Waals surface area contributed by atoms with Gasteiger partial charge >= 0.3 is 0 Å². The van der Waals surface area contributed by atoms with Gasteiger partial charge in [0.2, 0.25) is 0 Å². The SMILES string of the molecule is CC(=O)c1cccc(Nc2cc(NCc3ccccn3)nc(-c3ccccc3)n2)c1. The Morgan fingerprint density at radius 1 is 0.867 bits per heavy atom. The van der Waals surface area contributed by atoms with Crippen molar-refractivity contribution >= 4 is 23.1 Å². The fourth-order valence-electron chi connectivity index (χ4n) is 2.97. The lowest BCUT2D eigenvalue weighted by molar-refractivity contribution is 0.101. The fourth-order valence-corrected chi connectivity index (χ4v) is 2.97. The number of nitrogens with one attached hydrogen (secondary N) is 2. The summed E-state index contributed by atoms with van der Waals surface area (Å²) in [6.07, 6.45) is 1.77. The first-order valence-corrected chi connectivity index (χ1v) is 9.64. The maximum Gasteiger partial charge on any atom is 0.163 e. The van der Waals surface area contributed by atoms with Crippen molar-refractivity contribution in [2.75, 3.05) is 10.6 Å². The van der Waals surface area contributed by atoms with Gasteiger partial charge in [0.25, 0.3) is 0 Å². The van der Waals surface area contributed by atoms with E-state index in [1.165, 1.54) is 0 Å². The molecule has 0 bridgehead atoms. The number of ketones is 1. The molecule has 0 saturated carbocycles. The van der Waals surface area contributed by atoms with Crippen LogP contribution in [0, 0.1) is 0 Å². The summed E-state index contributed by atoms with van der Waals surface area (Å²) in [7, 11) is 0. The third-order valence-corrected chi connectivity index (χ3v) is 4.48. The zero-order valence-corrected chi connectivity index (χ0v) is 16.5. The van der Waals surface area contributed by atoms with Crippen LogP contribution in [0.25, 0.3) is 11.4 Å². The van der Waals surface area contributed by atoms with E-state index in [-0.39, 0.29) is 5.78 Å². The minimum atomic E-state index is 0.0176. The van der Waals surface area contributed by atoms with E-state index >= 15 is 0 Å². The second-order valence-electron chi connectivity index (χ2n) is 6.76. The van der Waals surface area contributed by atoms with Crippen molar-refractivity contribution in [1.29, 1.82) is 0 Å². The molecule has 6 heteroatoms. The van der Waals surface area contributed by atoms with Crippen molar-refractivity contribution in [3.05, 3.63) is 96.3 Å². The number of Topliss-reactive ketones (excluding diaryl/α,β-unsaturated/α-hetero) is 1. The molecule has 0 amide bonds. The monoisotopic (exact) mass is 395 g/mol. The van der Waals surface area contributed by atoms with Crippen LogP contribution in [0.5, 0.6) is 0 Å². The lowest BCUT2D eigenvalue weighted by Crippen LogP contribution is -2.06. The van der Waals surface area contributed by atoms with Gasteiger partial charge in [0.1, 0.15) is 11.6 Å². The number of nitrogens with zero attached hydrogens (tertiary/aromatic N) is 3. The normalized spacial score (nSPS) is 10.4. The van der Waals surface area contributed by atoms with Crippen LogP contribution in [-0.4, -0.2) is 20.7 Å². The van der Waals surface area contributed by atoms with Crippen molar-refractivity contribution < 1.29 is 4.79 Å². The van der Waals surface area contributed by atoms with E-state index in [4.69, 9.17) is 0 Å². The lowest BCUT2D eigenvalue weighted by Gasteiger charge is -2.12. The minimum absolute atomic E-state index is 0.0176. The maximum absolute atomic E-state index is 11.7. The number of rotatable bonds is 7. The number of hydrogen-bond donors (Lipinski definition) is 2. The Morgan fingerprint density at radius 3 is 2.43 bits per heavy atom. The van der Waals surface area contributed by atoms with Crippen LogP contribution >= 0.6 is 0 Å². The number of carbonyl (C=O) groups excluding carboxylic acids is 1. The molecule has 0 saturated heterocycles. The van der Waals surface area contributed by atoms with Gasteiger partial charge in [-0.3, -0.25) is 9.78 Å². The average Bonchev–Trinajstić information content (AvgIpc) is 2.79. The molecule has 0 aliphatic rings. The summed E-state index contributed by atoms with van der Waals surface area (Å²) < 4.78 is 0. The second-order valence-corrected chi connectivity index (χ2v) is 6.76. The summed E-state index contributed by atoms with van der Waals surface area (Å²) in [5.41, 5.74) is 3.27. The van der Waals surface area contributed by atoms with Crippen LogP contribution in [0.4, 0.5) is 17.3 Å². The van der Waals surface area contributed by atoms with Crippen LogP contribution in [0.15, 0.2) is 85.1 Å². The molecule has 0 fully saturated rings. The molecule has 2 heterocycles. The van der Waals surface area contributed by atoms with Crippen LogP contribution in [-0.2, 0) is 6.54 Å². The molecule has 4 aromatic rings. The zero-order valence-electron chi connectivity index (χ0n) is 16.5.